The Bertz CT molecular complexity index is 979. The zero-order valence-electron chi connectivity index (χ0n) is 18.6. The van der Waals surface area contributed by atoms with Crippen LogP contribution in [0.4, 0.5) is 4.39 Å². The summed E-state index contributed by atoms with van der Waals surface area (Å²) < 4.78 is 18.8. The van der Waals surface area contributed by atoms with E-state index < -0.39 is 0 Å². The lowest BCUT2D eigenvalue weighted by molar-refractivity contribution is -0.123. The van der Waals surface area contributed by atoms with E-state index in [1.165, 1.54) is 18.7 Å². The summed E-state index contributed by atoms with van der Waals surface area (Å²) in [6.45, 7) is 3.25. The number of nitrogens with zero attached hydrogens (tertiary/aromatic N) is 1. The van der Waals surface area contributed by atoms with Crippen LogP contribution in [0.2, 0.25) is 0 Å². The molecule has 0 radical (unpaired) electrons. The molecule has 2 amide bonds. The van der Waals surface area contributed by atoms with Crippen LogP contribution in [0.25, 0.3) is 0 Å². The maximum atomic E-state index is 13.7. The van der Waals surface area contributed by atoms with Crippen molar-refractivity contribution in [3.63, 3.8) is 0 Å². The minimum atomic E-state index is -0.352. The van der Waals surface area contributed by atoms with Gasteiger partial charge in [0.15, 0.2) is 11.6 Å². The number of methoxy groups -OCH3 is 1. The van der Waals surface area contributed by atoms with Crippen LogP contribution in [-0.2, 0) is 4.79 Å². The summed E-state index contributed by atoms with van der Waals surface area (Å²) in [6.07, 6.45) is 3.16. The molecule has 2 aromatic rings. The van der Waals surface area contributed by atoms with Crippen LogP contribution in [0.1, 0.15) is 59.6 Å². The second kappa shape index (κ2) is 9.69. The van der Waals surface area contributed by atoms with Crippen molar-refractivity contribution in [1.82, 2.24) is 15.5 Å². The topological polar surface area (TPSA) is 70.7 Å². The standard InChI is InChI=1S/C25H30FN3O3/c1-16(19-8-10-22(26)23(14-19)32-2)28-21-9-7-20(13-21)17-3-5-18(6-4-17)25(31)29-12-11-27-24(30)15-29/h3-6,8,10,14,16,20-21,28H,7,9,11-13,15H2,1-2H3,(H,27,30)/t16-,20?,21+/m1/s1. The van der Waals surface area contributed by atoms with Crippen LogP contribution in [0.5, 0.6) is 5.75 Å². The molecule has 6 nitrogen and oxygen atoms in total. The van der Waals surface area contributed by atoms with Gasteiger partial charge in [-0.3, -0.25) is 9.59 Å². The van der Waals surface area contributed by atoms with Crippen LogP contribution >= 0.6 is 0 Å². The number of amides is 2. The van der Waals surface area contributed by atoms with Gasteiger partial charge in [0.25, 0.3) is 5.91 Å². The van der Waals surface area contributed by atoms with Gasteiger partial charge in [-0.05, 0) is 67.5 Å². The van der Waals surface area contributed by atoms with Gasteiger partial charge >= 0.3 is 0 Å². The van der Waals surface area contributed by atoms with E-state index in [-0.39, 0.29) is 36.0 Å². The third-order valence-electron chi connectivity index (χ3n) is 6.55. The molecule has 2 aromatic carbocycles. The number of piperazine rings is 1. The molecule has 0 bridgehead atoms. The number of carbonyl (C=O) groups excluding carboxylic acids is 2. The Morgan fingerprint density at radius 1 is 1.22 bits per heavy atom. The Morgan fingerprint density at radius 2 is 2.00 bits per heavy atom. The quantitative estimate of drug-likeness (QED) is 0.724. The van der Waals surface area contributed by atoms with Crippen molar-refractivity contribution < 1.29 is 18.7 Å². The highest BCUT2D eigenvalue weighted by Gasteiger charge is 2.28. The SMILES string of the molecule is COc1cc([C@@H](C)N[C@H]2CCC(c3ccc(C(=O)N4CCNC(=O)C4)cc3)C2)ccc1F. The average molecular weight is 440 g/mol. The van der Waals surface area contributed by atoms with Crippen LogP contribution in [0.3, 0.4) is 0 Å². The Hall–Kier alpha value is -2.93. The van der Waals surface area contributed by atoms with E-state index in [0.29, 0.717) is 30.6 Å². The second-order valence-electron chi connectivity index (χ2n) is 8.69. The Labute approximate surface area is 188 Å². The summed E-state index contributed by atoms with van der Waals surface area (Å²) in [7, 11) is 1.48. The number of benzene rings is 2. The highest BCUT2D eigenvalue weighted by Crippen LogP contribution is 2.36. The molecule has 1 heterocycles. The van der Waals surface area contributed by atoms with Gasteiger partial charge in [-0.25, -0.2) is 4.39 Å². The summed E-state index contributed by atoms with van der Waals surface area (Å²) in [5.74, 6) is 0.141. The zero-order valence-corrected chi connectivity index (χ0v) is 18.6. The van der Waals surface area contributed by atoms with Gasteiger partial charge in [-0.15, -0.1) is 0 Å². The van der Waals surface area contributed by atoms with E-state index in [0.717, 1.165) is 24.8 Å². The van der Waals surface area contributed by atoms with Crippen molar-refractivity contribution in [3.8, 4) is 5.75 Å². The predicted molar refractivity (Wildman–Crippen MR) is 120 cm³/mol. The Balaban J connectivity index is 1.34. The molecule has 7 heteroatoms. The summed E-state index contributed by atoms with van der Waals surface area (Å²) in [4.78, 5) is 25.8. The summed E-state index contributed by atoms with van der Waals surface area (Å²) >= 11 is 0. The van der Waals surface area contributed by atoms with Gasteiger partial charge in [-0.2, -0.15) is 0 Å². The molecule has 2 fully saturated rings. The molecule has 1 saturated heterocycles. The van der Waals surface area contributed by atoms with Crippen molar-refractivity contribution >= 4 is 11.8 Å². The third-order valence-corrected chi connectivity index (χ3v) is 6.55. The molecular formula is C25H30FN3O3. The molecule has 170 valence electrons. The molecule has 32 heavy (non-hydrogen) atoms. The van der Waals surface area contributed by atoms with E-state index in [4.69, 9.17) is 4.74 Å². The van der Waals surface area contributed by atoms with Gasteiger partial charge in [0.05, 0.1) is 13.7 Å². The fraction of sp³-hybridized carbons (Fsp3) is 0.440. The summed E-state index contributed by atoms with van der Waals surface area (Å²) in [6, 6.07) is 13.3. The van der Waals surface area contributed by atoms with E-state index in [1.54, 1.807) is 17.0 Å². The van der Waals surface area contributed by atoms with Crippen molar-refractivity contribution in [2.45, 2.75) is 44.2 Å². The van der Waals surface area contributed by atoms with Crippen LogP contribution < -0.4 is 15.4 Å². The highest BCUT2D eigenvalue weighted by atomic mass is 19.1. The van der Waals surface area contributed by atoms with Gasteiger partial charge in [0.2, 0.25) is 5.91 Å². The lowest BCUT2D eigenvalue weighted by atomic mass is 9.96. The molecule has 1 aliphatic carbocycles. The number of rotatable bonds is 6. The lowest BCUT2D eigenvalue weighted by Gasteiger charge is -2.26. The maximum Gasteiger partial charge on any atom is 0.254 e. The normalized spacial score (nSPS) is 21.8. The predicted octanol–water partition coefficient (Wildman–Crippen LogP) is 3.39. The van der Waals surface area contributed by atoms with E-state index >= 15 is 0 Å². The molecule has 1 unspecified atom stereocenters. The van der Waals surface area contributed by atoms with Crippen molar-refractivity contribution in [3.05, 3.63) is 65.0 Å². The van der Waals surface area contributed by atoms with Gasteiger partial charge in [-0.1, -0.05) is 18.2 Å². The Kier molecular flexibility index (Phi) is 6.74. The van der Waals surface area contributed by atoms with E-state index in [1.807, 2.05) is 24.3 Å². The lowest BCUT2D eigenvalue weighted by Crippen LogP contribution is -2.49. The number of hydrogen-bond acceptors (Lipinski definition) is 4. The fourth-order valence-corrected chi connectivity index (χ4v) is 4.72. The first-order chi connectivity index (χ1) is 15.4. The number of carbonyl (C=O) groups is 2. The molecule has 1 aliphatic heterocycles. The summed E-state index contributed by atoms with van der Waals surface area (Å²) in [5, 5.41) is 6.40. The number of halogens is 1. The number of nitrogens with one attached hydrogen (secondary N) is 2. The number of hydrogen-bond donors (Lipinski definition) is 2. The van der Waals surface area contributed by atoms with Crippen LogP contribution in [0.15, 0.2) is 42.5 Å². The molecular weight excluding hydrogens is 409 g/mol. The minimum absolute atomic E-state index is 0.0926. The highest BCUT2D eigenvalue weighted by molar-refractivity contribution is 5.97. The molecule has 3 atom stereocenters. The first kappa shape index (κ1) is 22.3. The van der Waals surface area contributed by atoms with Gasteiger partial charge in [0, 0.05) is 30.7 Å². The smallest absolute Gasteiger partial charge is 0.254 e. The average Bonchev–Trinajstić information content (AvgIpc) is 3.27. The molecule has 4 rings (SSSR count). The third kappa shape index (κ3) is 4.93. The van der Waals surface area contributed by atoms with Crippen molar-refractivity contribution in [2.75, 3.05) is 26.7 Å². The van der Waals surface area contributed by atoms with Crippen LogP contribution in [-0.4, -0.2) is 49.5 Å². The first-order valence-corrected chi connectivity index (χ1v) is 11.2. The molecule has 0 aromatic heterocycles. The number of ether oxygens (including phenoxy) is 1. The van der Waals surface area contributed by atoms with Crippen LogP contribution in [0, 0.1) is 5.82 Å². The zero-order chi connectivity index (χ0) is 22.7. The molecule has 0 spiro atoms. The van der Waals surface area contributed by atoms with Gasteiger partial charge < -0.3 is 20.3 Å². The van der Waals surface area contributed by atoms with Crippen molar-refractivity contribution in [2.24, 2.45) is 0 Å². The Morgan fingerprint density at radius 3 is 2.72 bits per heavy atom. The largest absolute Gasteiger partial charge is 0.494 e. The maximum absolute atomic E-state index is 13.7. The van der Waals surface area contributed by atoms with E-state index in [9.17, 15) is 14.0 Å². The molecule has 2 aliphatic rings. The monoisotopic (exact) mass is 439 g/mol. The fourth-order valence-electron chi connectivity index (χ4n) is 4.72. The minimum Gasteiger partial charge on any atom is -0.494 e. The van der Waals surface area contributed by atoms with Gasteiger partial charge in [0.1, 0.15) is 0 Å². The summed E-state index contributed by atoms with van der Waals surface area (Å²) in [5.41, 5.74) is 2.86. The second-order valence-corrected chi connectivity index (χ2v) is 8.69. The van der Waals surface area contributed by atoms with E-state index in [2.05, 4.69) is 17.6 Å². The van der Waals surface area contributed by atoms with Crippen molar-refractivity contribution in [1.29, 1.82) is 0 Å². The molecule has 1 saturated carbocycles. The molecule has 2 N–H and O–H groups in total. The first-order valence-electron chi connectivity index (χ1n) is 11.2.